The number of carbonyl (C=O) groups is 1. The van der Waals surface area contributed by atoms with E-state index in [1.54, 1.807) is 0 Å². The summed E-state index contributed by atoms with van der Waals surface area (Å²) in [6.45, 7) is 9.54. The fourth-order valence-corrected chi connectivity index (χ4v) is 4.43. The molecule has 3 aromatic carbocycles. The minimum absolute atomic E-state index is 0. The maximum absolute atomic E-state index is 10.0. The third-order valence-corrected chi connectivity index (χ3v) is 6.05. The van der Waals surface area contributed by atoms with E-state index in [2.05, 4.69) is 87.5 Å². The van der Waals surface area contributed by atoms with Gasteiger partial charge in [-0.2, -0.15) is 0 Å². The molecule has 0 saturated carbocycles. The summed E-state index contributed by atoms with van der Waals surface area (Å²) >= 11 is 0. The van der Waals surface area contributed by atoms with Crippen LogP contribution in [0.3, 0.4) is 0 Å². The Kier molecular flexibility index (Phi) is 7.55. The number of benzene rings is 3. The number of carbonyl (C=O) groups excluding carboxylic acids is 1. The van der Waals surface area contributed by atoms with Crippen molar-refractivity contribution in [1.29, 1.82) is 0 Å². The molecule has 4 heteroatoms. The van der Waals surface area contributed by atoms with E-state index >= 15 is 0 Å². The summed E-state index contributed by atoms with van der Waals surface area (Å²) in [6.07, 6.45) is 1.17. The number of hydrogen-bond donors (Lipinski definition) is 1. The van der Waals surface area contributed by atoms with Gasteiger partial charge in [-0.1, -0.05) is 57.2 Å². The summed E-state index contributed by atoms with van der Waals surface area (Å²) in [4.78, 5) is 15.0. The zero-order valence-electron chi connectivity index (χ0n) is 20.1. The van der Waals surface area contributed by atoms with Crippen molar-refractivity contribution in [3.05, 3.63) is 101 Å². The Hall–Kier alpha value is -3.07. The van der Waals surface area contributed by atoms with Gasteiger partial charge in [-0.05, 0) is 59.3 Å². The SMILES string of the molecule is CC(=O)/C=C(/C)O.Cc1c[c-]c(-c2ccc3cc4c(cc3n2)C(C)(C)c2ccccc2-4)cc1.[Ir]. The molecule has 1 radical (unpaired) electrons. The molecule has 1 aliphatic carbocycles. The predicted molar refractivity (Wildman–Crippen MR) is 135 cm³/mol. The average Bonchev–Trinajstić information content (AvgIpc) is 2.99. The molecule has 1 heterocycles. The Morgan fingerprint density at radius 1 is 0.971 bits per heavy atom. The molecule has 0 bridgehead atoms. The molecule has 4 aromatic rings. The van der Waals surface area contributed by atoms with Gasteiger partial charge in [0, 0.05) is 31.6 Å². The molecule has 0 atom stereocenters. The van der Waals surface area contributed by atoms with Crippen LogP contribution in [0.25, 0.3) is 33.3 Å². The van der Waals surface area contributed by atoms with Crippen molar-refractivity contribution in [2.24, 2.45) is 0 Å². The summed E-state index contributed by atoms with van der Waals surface area (Å²) in [5.41, 5.74) is 9.75. The first kappa shape index (κ1) is 25.6. The van der Waals surface area contributed by atoms with Gasteiger partial charge in [0.2, 0.25) is 0 Å². The number of hydrogen-bond acceptors (Lipinski definition) is 3. The molecule has 175 valence electrons. The van der Waals surface area contributed by atoms with Crippen molar-refractivity contribution in [2.45, 2.75) is 40.0 Å². The molecule has 1 aliphatic rings. The number of nitrogens with zero attached hydrogens (tertiary/aromatic N) is 1. The molecule has 0 amide bonds. The van der Waals surface area contributed by atoms with E-state index in [-0.39, 0.29) is 37.1 Å². The van der Waals surface area contributed by atoms with E-state index in [4.69, 9.17) is 10.1 Å². The van der Waals surface area contributed by atoms with Crippen LogP contribution in [-0.2, 0) is 30.3 Å². The molecular weight excluding hydrogens is 599 g/mol. The van der Waals surface area contributed by atoms with Crippen molar-refractivity contribution in [1.82, 2.24) is 4.98 Å². The van der Waals surface area contributed by atoms with Gasteiger partial charge in [-0.15, -0.1) is 35.4 Å². The largest absolute Gasteiger partial charge is 0.512 e. The second kappa shape index (κ2) is 10.0. The summed E-state index contributed by atoms with van der Waals surface area (Å²) in [7, 11) is 0. The number of pyridine rings is 1. The summed E-state index contributed by atoms with van der Waals surface area (Å²) < 4.78 is 0. The molecule has 5 rings (SSSR count). The predicted octanol–water partition coefficient (Wildman–Crippen LogP) is 7.35. The fourth-order valence-electron chi connectivity index (χ4n) is 4.43. The quantitative estimate of drug-likeness (QED) is 0.144. The number of allylic oxidation sites excluding steroid dienone is 2. The molecule has 0 aliphatic heterocycles. The molecule has 0 saturated heterocycles. The van der Waals surface area contributed by atoms with Crippen LogP contribution < -0.4 is 0 Å². The van der Waals surface area contributed by atoms with Crippen molar-refractivity contribution < 1.29 is 30.0 Å². The summed E-state index contributed by atoms with van der Waals surface area (Å²) in [6, 6.07) is 27.2. The van der Waals surface area contributed by atoms with E-state index in [9.17, 15) is 4.79 Å². The molecule has 0 fully saturated rings. The van der Waals surface area contributed by atoms with Gasteiger partial charge in [0.25, 0.3) is 0 Å². The number of rotatable bonds is 2. The van der Waals surface area contributed by atoms with Crippen molar-refractivity contribution in [2.75, 3.05) is 0 Å². The average molecular weight is 627 g/mol. The van der Waals surface area contributed by atoms with Crippen molar-refractivity contribution in [3.8, 4) is 22.4 Å². The summed E-state index contributed by atoms with van der Waals surface area (Å²) in [5.74, 6) is -0.0625. The number of ketones is 1. The monoisotopic (exact) mass is 627 g/mol. The normalized spacial score (nSPS) is 13.3. The van der Waals surface area contributed by atoms with E-state index < -0.39 is 0 Å². The molecule has 34 heavy (non-hydrogen) atoms. The van der Waals surface area contributed by atoms with Crippen LogP contribution >= 0.6 is 0 Å². The van der Waals surface area contributed by atoms with Crippen LogP contribution in [-0.4, -0.2) is 15.9 Å². The van der Waals surface area contributed by atoms with E-state index in [1.165, 1.54) is 53.1 Å². The van der Waals surface area contributed by atoms with Gasteiger partial charge in [-0.3, -0.25) is 9.78 Å². The van der Waals surface area contributed by atoms with Gasteiger partial charge in [0.15, 0.2) is 5.78 Å². The van der Waals surface area contributed by atoms with Crippen LogP contribution in [0.5, 0.6) is 0 Å². The Bertz CT molecular complexity index is 1380. The Labute approximate surface area is 214 Å². The molecule has 0 spiro atoms. The van der Waals surface area contributed by atoms with Gasteiger partial charge < -0.3 is 5.11 Å². The molecule has 3 nitrogen and oxygen atoms in total. The zero-order valence-corrected chi connectivity index (χ0v) is 22.5. The third kappa shape index (κ3) is 5.04. The second-order valence-electron chi connectivity index (χ2n) is 9.13. The van der Waals surface area contributed by atoms with E-state index in [0.717, 1.165) is 16.8 Å². The fraction of sp³-hybridized carbons (Fsp3) is 0.200. The minimum Gasteiger partial charge on any atom is -0.512 e. The first-order valence-corrected chi connectivity index (χ1v) is 11.1. The first-order chi connectivity index (χ1) is 15.7. The smallest absolute Gasteiger partial charge is 0.155 e. The number of fused-ring (bicyclic) bond motifs is 4. The first-order valence-electron chi connectivity index (χ1n) is 11.1. The van der Waals surface area contributed by atoms with Crippen LogP contribution in [0.2, 0.25) is 0 Å². The number of aliphatic hydroxyl groups is 1. The molecule has 1 N–H and O–H groups in total. The number of aliphatic hydroxyl groups excluding tert-OH is 1. The topological polar surface area (TPSA) is 50.2 Å². The summed E-state index contributed by atoms with van der Waals surface area (Å²) in [5, 5.41) is 9.55. The maximum Gasteiger partial charge on any atom is 0.155 e. The van der Waals surface area contributed by atoms with Gasteiger partial charge >= 0.3 is 0 Å². The second-order valence-corrected chi connectivity index (χ2v) is 9.13. The Morgan fingerprint density at radius 3 is 2.32 bits per heavy atom. The molecular formula is C30H28IrNO2-. The molecule has 0 unspecified atom stereocenters. The van der Waals surface area contributed by atoms with Gasteiger partial charge in [0.1, 0.15) is 0 Å². The van der Waals surface area contributed by atoms with Crippen molar-refractivity contribution >= 4 is 16.7 Å². The van der Waals surface area contributed by atoms with Gasteiger partial charge in [-0.25, -0.2) is 0 Å². The standard InChI is InChI=1S/C25H20N.C5H8O2.Ir/c1-16-8-10-17(11-9-16)23-13-12-18-14-20-19-6-4-5-7-21(19)25(2,3)22(20)15-24(18)26-23;1-4(6)3-5(2)7;/h4-10,12-15H,1-3H3;3,6H,1-2H3;/q-1;;/b;4-3-;. The van der Waals surface area contributed by atoms with E-state index in [1.807, 2.05) is 6.07 Å². The van der Waals surface area contributed by atoms with Crippen molar-refractivity contribution in [3.63, 3.8) is 0 Å². The maximum atomic E-state index is 10.0. The van der Waals surface area contributed by atoms with E-state index in [0.29, 0.717) is 0 Å². The number of aryl methyl sites for hydroxylation is 1. The van der Waals surface area contributed by atoms with Crippen LogP contribution in [0.1, 0.15) is 44.4 Å². The van der Waals surface area contributed by atoms with Crippen LogP contribution in [0.4, 0.5) is 0 Å². The van der Waals surface area contributed by atoms with Gasteiger partial charge in [0.05, 0.1) is 11.3 Å². The number of aromatic nitrogens is 1. The molecule has 1 aromatic heterocycles. The third-order valence-electron chi connectivity index (χ3n) is 6.05. The zero-order chi connectivity index (χ0) is 23.8. The minimum atomic E-state index is -0.125. The Morgan fingerprint density at radius 2 is 1.71 bits per heavy atom. The van der Waals surface area contributed by atoms with Crippen LogP contribution in [0, 0.1) is 13.0 Å². The van der Waals surface area contributed by atoms with Crippen LogP contribution in [0.15, 0.2) is 78.6 Å². The Balaban J connectivity index is 0.000000357.